The van der Waals surface area contributed by atoms with Crippen LogP contribution in [0.15, 0.2) is 47.5 Å². The number of hydrogen-bond donors (Lipinski definition) is 4. The van der Waals surface area contributed by atoms with E-state index in [2.05, 4.69) is 15.5 Å². The average molecular weight is 390 g/mol. The molecule has 134 valence electrons. The maximum atomic E-state index is 12.5. The van der Waals surface area contributed by atoms with Crippen molar-refractivity contribution < 1.29 is 15.0 Å². The molecule has 0 saturated carbocycles. The van der Waals surface area contributed by atoms with Crippen LogP contribution >= 0.6 is 23.4 Å². The van der Waals surface area contributed by atoms with Gasteiger partial charge in [-0.3, -0.25) is 9.89 Å². The molecule has 1 heterocycles. The van der Waals surface area contributed by atoms with Crippen molar-refractivity contribution >= 4 is 29.3 Å². The Labute approximate surface area is 159 Å². The first-order valence-corrected chi connectivity index (χ1v) is 9.26. The first-order valence-electron chi connectivity index (χ1n) is 7.66. The molecule has 0 aliphatic heterocycles. The van der Waals surface area contributed by atoms with E-state index in [1.54, 1.807) is 11.8 Å². The van der Waals surface area contributed by atoms with Crippen LogP contribution in [0, 0.1) is 0 Å². The fourth-order valence-corrected chi connectivity index (χ4v) is 3.01. The Hall–Kier alpha value is -2.64. The van der Waals surface area contributed by atoms with Crippen LogP contribution in [0.25, 0.3) is 11.3 Å². The Balaban J connectivity index is 1.79. The third kappa shape index (κ3) is 3.79. The molecule has 0 fully saturated rings. The molecule has 0 unspecified atom stereocenters. The third-order valence-electron chi connectivity index (χ3n) is 3.83. The second kappa shape index (κ2) is 7.72. The van der Waals surface area contributed by atoms with Gasteiger partial charge in [0.2, 0.25) is 0 Å². The zero-order valence-corrected chi connectivity index (χ0v) is 15.4. The van der Waals surface area contributed by atoms with Crippen LogP contribution in [0.3, 0.4) is 0 Å². The topological polar surface area (TPSA) is 98.2 Å². The summed E-state index contributed by atoms with van der Waals surface area (Å²) < 4.78 is 0. The molecular weight excluding hydrogens is 374 g/mol. The molecule has 8 heteroatoms. The summed E-state index contributed by atoms with van der Waals surface area (Å²) in [7, 11) is 0. The van der Waals surface area contributed by atoms with Gasteiger partial charge in [0.05, 0.1) is 22.5 Å². The molecule has 4 N–H and O–H groups in total. The van der Waals surface area contributed by atoms with Gasteiger partial charge in [0.25, 0.3) is 5.91 Å². The Bertz CT molecular complexity index is 941. The molecule has 0 aliphatic rings. The summed E-state index contributed by atoms with van der Waals surface area (Å²) in [6.45, 7) is 0.362. The van der Waals surface area contributed by atoms with Gasteiger partial charge in [-0.1, -0.05) is 23.7 Å². The predicted octanol–water partition coefficient (Wildman–Crippen LogP) is 3.79. The van der Waals surface area contributed by atoms with Gasteiger partial charge in [-0.2, -0.15) is 5.10 Å². The molecular formula is C18H16ClN3O3S. The van der Waals surface area contributed by atoms with Gasteiger partial charge >= 0.3 is 0 Å². The number of rotatable bonds is 5. The zero-order valence-electron chi connectivity index (χ0n) is 13.8. The highest BCUT2D eigenvalue weighted by atomic mass is 35.5. The number of aromatic amines is 1. The number of H-pyrrole nitrogens is 1. The number of aromatic hydroxyl groups is 2. The number of carbonyl (C=O) groups is 1. The van der Waals surface area contributed by atoms with Gasteiger partial charge in [-0.25, -0.2) is 0 Å². The number of thioether (sulfide) groups is 1. The van der Waals surface area contributed by atoms with Crippen LogP contribution in [-0.2, 0) is 6.54 Å². The molecule has 0 atom stereocenters. The van der Waals surface area contributed by atoms with Crippen molar-refractivity contribution in [3.05, 3.63) is 58.7 Å². The van der Waals surface area contributed by atoms with Crippen molar-refractivity contribution in [2.24, 2.45) is 0 Å². The van der Waals surface area contributed by atoms with E-state index in [1.807, 2.05) is 30.5 Å². The summed E-state index contributed by atoms with van der Waals surface area (Å²) in [5, 5.41) is 29.1. The normalized spacial score (nSPS) is 10.7. The number of nitrogens with zero attached hydrogens (tertiary/aromatic N) is 1. The number of halogens is 1. The summed E-state index contributed by atoms with van der Waals surface area (Å²) >= 11 is 7.55. The van der Waals surface area contributed by atoms with E-state index in [0.717, 1.165) is 16.5 Å². The maximum absolute atomic E-state index is 12.5. The van der Waals surface area contributed by atoms with E-state index in [9.17, 15) is 15.0 Å². The number of phenols is 2. The van der Waals surface area contributed by atoms with Gasteiger partial charge < -0.3 is 15.5 Å². The molecule has 0 saturated heterocycles. The van der Waals surface area contributed by atoms with Crippen LogP contribution in [0.4, 0.5) is 0 Å². The Morgan fingerprint density at radius 2 is 1.96 bits per heavy atom. The van der Waals surface area contributed by atoms with E-state index in [1.165, 1.54) is 12.3 Å². The molecule has 1 amide bonds. The molecule has 3 aromatic rings. The molecule has 2 aromatic carbocycles. The Morgan fingerprint density at radius 3 is 2.65 bits per heavy atom. The highest BCUT2D eigenvalue weighted by Crippen LogP contribution is 2.37. The summed E-state index contributed by atoms with van der Waals surface area (Å²) in [6, 6.07) is 10.4. The van der Waals surface area contributed by atoms with Crippen LogP contribution < -0.4 is 5.32 Å². The van der Waals surface area contributed by atoms with Crippen LogP contribution in [0.5, 0.6) is 11.5 Å². The molecule has 26 heavy (non-hydrogen) atoms. The summed E-state index contributed by atoms with van der Waals surface area (Å²) in [6.07, 6.45) is 3.38. The van der Waals surface area contributed by atoms with E-state index in [4.69, 9.17) is 11.6 Å². The third-order valence-corrected chi connectivity index (χ3v) is 4.88. The molecule has 0 aliphatic carbocycles. The van der Waals surface area contributed by atoms with Crippen molar-refractivity contribution in [2.45, 2.75) is 11.4 Å². The lowest BCUT2D eigenvalue weighted by Gasteiger charge is -2.09. The minimum atomic E-state index is -0.341. The number of hydrogen-bond acceptors (Lipinski definition) is 5. The number of nitrogens with one attached hydrogen (secondary N) is 2. The van der Waals surface area contributed by atoms with Gasteiger partial charge in [-0.05, 0) is 30.0 Å². The van der Waals surface area contributed by atoms with E-state index in [0.29, 0.717) is 12.2 Å². The van der Waals surface area contributed by atoms with Gasteiger partial charge in [0.15, 0.2) is 0 Å². The summed E-state index contributed by atoms with van der Waals surface area (Å²) in [4.78, 5) is 13.7. The fourth-order valence-electron chi connectivity index (χ4n) is 2.44. The Kier molecular flexibility index (Phi) is 5.39. The van der Waals surface area contributed by atoms with Gasteiger partial charge in [0, 0.05) is 23.1 Å². The molecule has 1 aromatic heterocycles. The van der Waals surface area contributed by atoms with Crippen molar-refractivity contribution in [1.29, 1.82) is 0 Å². The zero-order chi connectivity index (χ0) is 18.7. The Morgan fingerprint density at radius 1 is 1.23 bits per heavy atom. The number of phenolic OH excluding ortho intramolecular Hbond substituents is 2. The SMILES string of the molecule is CSc1ccc(CNC(=O)c2cn[nH]c2-c2cc(Cl)c(O)cc2O)cc1. The van der Waals surface area contributed by atoms with Crippen molar-refractivity contribution in [3.63, 3.8) is 0 Å². The number of benzene rings is 2. The van der Waals surface area contributed by atoms with Gasteiger partial charge in [0.1, 0.15) is 11.5 Å². The predicted molar refractivity (Wildman–Crippen MR) is 102 cm³/mol. The van der Waals surface area contributed by atoms with Crippen LogP contribution in [0.2, 0.25) is 5.02 Å². The highest BCUT2D eigenvalue weighted by molar-refractivity contribution is 7.98. The lowest BCUT2D eigenvalue weighted by atomic mass is 10.1. The van der Waals surface area contributed by atoms with E-state index in [-0.39, 0.29) is 33.6 Å². The van der Waals surface area contributed by atoms with Gasteiger partial charge in [-0.15, -0.1) is 11.8 Å². The minimum Gasteiger partial charge on any atom is -0.507 e. The highest BCUT2D eigenvalue weighted by Gasteiger charge is 2.19. The smallest absolute Gasteiger partial charge is 0.255 e. The summed E-state index contributed by atoms with van der Waals surface area (Å²) in [5.41, 5.74) is 1.83. The second-order valence-electron chi connectivity index (χ2n) is 5.51. The van der Waals surface area contributed by atoms with E-state index >= 15 is 0 Å². The minimum absolute atomic E-state index is 0.0626. The lowest BCUT2D eigenvalue weighted by Crippen LogP contribution is -2.22. The quantitative estimate of drug-likeness (QED) is 0.497. The molecule has 3 rings (SSSR count). The first-order chi connectivity index (χ1) is 12.5. The number of amides is 1. The van der Waals surface area contributed by atoms with E-state index < -0.39 is 0 Å². The average Bonchev–Trinajstić information content (AvgIpc) is 3.12. The monoisotopic (exact) mass is 389 g/mol. The second-order valence-corrected chi connectivity index (χ2v) is 6.80. The van der Waals surface area contributed by atoms with Crippen molar-refractivity contribution in [3.8, 4) is 22.8 Å². The fraction of sp³-hybridized carbons (Fsp3) is 0.111. The number of aromatic nitrogens is 2. The molecule has 0 spiro atoms. The lowest BCUT2D eigenvalue weighted by molar-refractivity contribution is 0.0951. The summed E-state index contributed by atoms with van der Waals surface area (Å²) in [5.74, 6) is -0.795. The van der Waals surface area contributed by atoms with Crippen LogP contribution in [-0.4, -0.2) is 32.6 Å². The van der Waals surface area contributed by atoms with Crippen LogP contribution in [0.1, 0.15) is 15.9 Å². The largest absolute Gasteiger partial charge is 0.507 e. The standard InChI is InChI=1S/C18H16ClN3O3S/c1-26-11-4-2-10(3-5-11)8-20-18(25)13-9-21-22-17(13)12-6-14(19)16(24)7-15(12)23/h2-7,9,23-24H,8H2,1H3,(H,20,25)(H,21,22). The molecule has 0 radical (unpaired) electrons. The number of carbonyl (C=O) groups excluding carboxylic acids is 1. The van der Waals surface area contributed by atoms with Crippen molar-refractivity contribution in [2.75, 3.05) is 6.26 Å². The molecule has 0 bridgehead atoms. The maximum Gasteiger partial charge on any atom is 0.255 e. The molecule has 6 nitrogen and oxygen atoms in total. The van der Waals surface area contributed by atoms with Crippen molar-refractivity contribution in [1.82, 2.24) is 15.5 Å². The first kappa shape index (κ1) is 18.2.